The highest BCUT2D eigenvalue weighted by Gasteiger charge is 2.38. The minimum atomic E-state index is -3.45. The minimum Gasteiger partial charge on any atom is -0.383 e. The smallest absolute Gasteiger partial charge is 0.243 e. The van der Waals surface area contributed by atoms with Crippen LogP contribution in [-0.4, -0.2) is 39.0 Å². The van der Waals surface area contributed by atoms with Crippen LogP contribution in [0.25, 0.3) is 0 Å². The fourth-order valence-corrected chi connectivity index (χ4v) is 4.41. The van der Waals surface area contributed by atoms with E-state index in [1.807, 2.05) is 26.0 Å². The molecule has 1 aliphatic rings. The molecule has 2 rings (SSSR count). The fourth-order valence-electron chi connectivity index (χ4n) is 2.51. The van der Waals surface area contributed by atoms with E-state index >= 15 is 0 Å². The number of methoxy groups -OCH3 is 1. The molecule has 1 atom stereocenters. The predicted molar refractivity (Wildman–Crippen MR) is 79.1 cm³/mol. The lowest BCUT2D eigenvalue weighted by Gasteiger charge is -2.28. The Morgan fingerprint density at radius 2 is 2.00 bits per heavy atom. The van der Waals surface area contributed by atoms with Crippen molar-refractivity contribution in [2.24, 2.45) is 5.92 Å². The normalized spacial score (nSPS) is 17.4. The zero-order valence-electron chi connectivity index (χ0n) is 12.4. The van der Waals surface area contributed by atoms with Crippen molar-refractivity contribution in [3.8, 4) is 0 Å². The molecule has 0 radical (unpaired) electrons. The van der Waals surface area contributed by atoms with E-state index < -0.39 is 10.0 Å². The van der Waals surface area contributed by atoms with E-state index in [0.717, 1.165) is 18.4 Å². The topological polar surface area (TPSA) is 46.6 Å². The molecule has 0 aliphatic heterocycles. The van der Waals surface area contributed by atoms with Gasteiger partial charge in [-0.3, -0.25) is 0 Å². The number of benzene rings is 1. The number of hydrogen-bond donors (Lipinski definition) is 0. The molecule has 0 N–H and O–H groups in total. The summed E-state index contributed by atoms with van der Waals surface area (Å²) >= 11 is 0. The van der Waals surface area contributed by atoms with Crippen molar-refractivity contribution in [3.05, 3.63) is 29.8 Å². The summed E-state index contributed by atoms with van der Waals surface area (Å²) in [6.45, 7) is 4.67. The highest BCUT2D eigenvalue weighted by atomic mass is 32.2. The van der Waals surface area contributed by atoms with Gasteiger partial charge < -0.3 is 4.74 Å². The number of aryl methyl sites for hydroxylation is 1. The molecule has 1 fully saturated rings. The lowest BCUT2D eigenvalue weighted by molar-refractivity contribution is 0.164. The molecule has 1 aliphatic carbocycles. The number of ether oxygens (including phenoxy) is 1. The van der Waals surface area contributed by atoms with E-state index in [0.29, 0.717) is 24.0 Å². The van der Waals surface area contributed by atoms with Crippen molar-refractivity contribution in [2.45, 2.75) is 37.6 Å². The molecule has 1 aromatic rings. The summed E-state index contributed by atoms with van der Waals surface area (Å²) in [7, 11) is -1.86. The molecule has 4 nitrogen and oxygen atoms in total. The van der Waals surface area contributed by atoms with E-state index in [9.17, 15) is 8.42 Å². The summed E-state index contributed by atoms with van der Waals surface area (Å²) in [4.78, 5) is 0.406. The Hall–Kier alpha value is -0.910. The van der Waals surface area contributed by atoms with Crippen molar-refractivity contribution in [2.75, 3.05) is 20.3 Å². The zero-order valence-corrected chi connectivity index (χ0v) is 13.2. The molecule has 20 heavy (non-hydrogen) atoms. The van der Waals surface area contributed by atoms with Gasteiger partial charge in [-0.2, -0.15) is 4.31 Å². The molecule has 112 valence electrons. The van der Waals surface area contributed by atoms with E-state index in [2.05, 4.69) is 0 Å². The first-order valence-electron chi connectivity index (χ1n) is 7.05. The average molecular weight is 297 g/mol. The van der Waals surface area contributed by atoms with Gasteiger partial charge in [-0.1, -0.05) is 18.2 Å². The fraction of sp³-hybridized carbons (Fsp3) is 0.600. The van der Waals surface area contributed by atoms with Gasteiger partial charge in [0.1, 0.15) is 0 Å². The standard InChI is InChI=1S/C15H23NO3S/c1-12-6-4-5-7-15(12)20(17,18)16(10-11-19-3)13(2)14-8-9-14/h4-7,13-14H,8-11H2,1-3H3. The maximum atomic E-state index is 12.9. The van der Waals surface area contributed by atoms with Crippen LogP contribution in [-0.2, 0) is 14.8 Å². The molecular formula is C15H23NO3S. The lowest BCUT2D eigenvalue weighted by Crippen LogP contribution is -2.42. The molecule has 0 heterocycles. The third kappa shape index (κ3) is 3.22. The number of hydrogen-bond acceptors (Lipinski definition) is 3. The Morgan fingerprint density at radius 3 is 2.55 bits per heavy atom. The van der Waals surface area contributed by atoms with Crippen molar-refractivity contribution in [3.63, 3.8) is 0 Å². The summed E-state index contributed by atoms with van der Waals surface area (Å²) in [5.41, 5.74) is 0.790. The third-order valence-electron chi connectivity index (χ3n) is 3.95. The first-order chi connectivity index (χ1) is 9.48. The van der Waals surface area contributed by atoms with Crippen molar-refractivity contribution in [1.82, 2.24) is 4.31 Å². The molecule has 0 saturated heterocycles. The maximum Gasteiger partial charge on any atom is 0.243 e. The molecule has 1 aromatic carbocycles. The Labute approximate surface area is 121 Å². The molecule has 0 spiro atoms. The molecular weight excluding hydrogens is 274 g/mol. The lowest BCUT2D eigenvalue weighted by atomic mass is 10.2. The van der Waals surface area contributed by atoms with Crippen LogP contribution in [0.15, 0.2) is 29.2 Å². The highest BCUT2D eigenvalue weighted by Crippen LogP contribution is 2.37. The van der Waals surface area contributed by atoms with Gasteiger partial charge in [0, 0.05) is 19.7 Å². The van der Waals surface area contributed by atoms with E-state index in [4.69, 9.17) is 4.74 Å². The van der Waals surface area contributed by atoms with Gasteiger partial charge in [0.25, 0.3) is 0 Å². The second-order valence-electron chi connectivity index (χ2n) is 5.45. The summed E-state index contributed by atoms with van der Waals surface area (Å²) < 4.78 is 32.5. The van der Waals surface area contributed by atoms with Crippen LogP contribution in [0.3, 0.4) is 0 Å². The van der Waals surface area contributed by atoms with Gasteiger partial charge in [0.2, 0.25) is 10.0 Å². The van der Waals surface area contributed by atoms with Gasteiger partial charge >= 0.3 is 0 Å². The van der Waals surface area contributed by atoms with Crippen LogP contribution in [0, 0.1) is 12.8 Å². The van der Waals surface area contributed by atoms with E-state index in [-0.39, 0.29) is 6.04 Å². The summed E-state index contributed by atoms with van der Waals surface area (Å²) in [5.74, 6) is 0.491. The summed E-state index contributed by atoms with van der Waals surface area (Å²) in [6, 6.07) is 7.19. The zero-order chi connectivity index (χ0) is 14.8. The monoisotopic (exact) mass is 297 g/mol. The van der Waals surface area contributed by atoms with Crippen molar-refractivity contribution in [1.29, 1.82) is 0 Å². The second-order valence-corrected chi connectivity index (χ2v) is 7.31. The van der Waals surface area contributed by atoms with Crippen LogP contribution < -0.4 is 0 Å². The molecule has 0 bridgehead atoms. The largest absolute Gasteiger partial charge is 0.383 e. The first-order valence-corrected chi connectivity index (χ1v) is 8.49. The average Bonchev–Trinajstić information content (AvgIpc) is 3.23. The minimum absolute atomic E-state index is 0.0368. The van der Waals surface area contributed by atoms with Gasteiger partial charge in [-0.25, -0.2) is 8.42 Å². The van der Waals surface area contributed by atoms with Crippen LogP contribution in [0.5, 0.6) is 0 Å². The van der Waals surface area contributed by atoms with Crippen LogP contribution >= 0.6 is 0 Å². The molecule has 1 unspecified atom stereocenters. The molecule has 0 amide bonds. The Bertz CT molecular complexity index is 552. The van der Waals surface area contributed by atoms with Gasteiger partial charge in [-0.05, 0) is 44.2 Å². The van der Waals surface area contributed by atoms with Crippen LogP contribution in [0.1, 0.15) is 25.3 Å². The molecule has 5 heteroatoms. The Balaban J connectivity index is 2.33. The Kier molecular flexibility index (Phi) is 4.83. The summed E-state index contributed by atoms with van der Waals surface area (Å²) in [5, 5.41) is 0. The second kappa shape index (κ2) is 6.24. The molecule has 0 aromatic heterocycles. The van der Waals surface area contributed by atoms with Gasteiger partial charge in [0.15, 0.2) is 0 Å². The predicted octanol–water partition coefficient (Wildman–Crippen LogP) is 2.43. The SMILES string of the molecule is COCCN(C(C)C1CC1)S(=O)(=O)c1ccccc1C. The maximum absolute atomic E-state index is 12.9. The highest BCUT2D eigenvalue weighted by molar-refractivity contribution is 7.89. The Morgan fingerprint density at radius 1 is 1.35 bits per heavy atom. The first kappa shape index (κ1) is 15.5. The van der Waals surface area contributed by atoms with Crippen molar-refractivity contribution < 1.29 is 13.2 Å². The van der Waals surface area contributed by atoms with E-state index in [1.54, 1.807) is 23.5 Å². The van der Waals surface area contributed by atoms with Crippen molar-refractivity contribution >= 4 is 10.0 Å². The van der Waals surface area contributed by atoms with Gasteiger partial charge in [0.05, 0.1) is 11.5 Å². The van der Waals surface area contributed by atoms with Crippen LogP contribution in [0.2, 0.25) is 0 Å². The summed E-state index contributed by atoms with van der Waals surface area (Å²) in [6.07, 6.45) is 2.24. The third-order valence-corrected chi connectivity index (χ3v) is 6.10. The van der Waals surface area contributed by atoms with E-state index in [1.165, 1.54) is 0 Å². The number of sulfonamides is 1. The number of nitrogens with zero attached hydrogens (tertiary/aromatic N) is 1. The molecule has 1 saturated carbocycles. The quantitative estimate of drug-likeness (QED) is 0.776. The van der Waals surface area contributed by atoms with Crippen LogP contribution in [0.4, 0.5) is 0 Å². The van der Waals surface area contributed by atoms with Gasteiger partial charge in [-0.15, -0.1) is 0 Å². The number of rotatable bonds is 7.